The second kappa shape index (κ2) is 5.40. The second-order valence-corrected chi connectivity index (χ2v) is 3.74. The van der Waals surface area contributed by atoms with E-state index < -0.39 is 0 Å². The van der Waals surface area contributed by atoms with E-state index in [0.717, 1.165) is 16.9 Å². The molecular formula is C11H15N5O. The Kier molecular flexibility index (Phi) is 3.66. The Hall–Kier alpha value is -1.95. The normalized spacial score (nSPS) is 10.5. The van der Waals surface area contributed by atoms with Crippen molar-refractivity contribution < 1.29 is 5.11 Å². The summed E-state index contributed by atoms with van der Waals surface area (Å²) in [5, 5.41) is 19.9. The van der Waals surface area contributed by atoms with Crippen molar-refractivity contribution in [3.8, 4) is 0 Å². The molecule has 0 fully saturated rings. The Balaban J connectivity index is 1.95. The lowest BCUT2D eigenvalue weighted by atomic mass is 10.2. The molecule has 0 spiro atoms. The van der Waals surface area contributed by atoms with Crippen molar-refractivity contribution in [1.29, 1.82) is 0 Å². The van der Waals surface area contributed by atoms with Gasteiger partial charge in [-0.1, -0.05) is 5.21 Å². The number of rotatable bonds is 5. The molecule has 0 aromatic carbocycles. The Morgan fingerprint density at radius 2 is 2.35 bits per heavy atom. The first-order valence-corrected chi connectivity index (χ1v) is 5.44. The molecule has 2 N–H and O–H groups in total. The van der Waals surface area contributed by atoms with E-state index in [1.807, 2.05) is 19.2 Å². The van der Waals surface area contributed by atoms with Crippen molar-refractivity contribution in [2.45, 2.75) is 20.0 Å². The molecule has 2 rings (SSSR count). The van der Waals surface area contributed by atoms with Gasteiger partial charge in [-0.3, -0.25) is 4.98 Å². The van der Waals surface area contributed by atoms with Gasteiger partial charge in [-0.05, 0) is 18.6 Å². The molecule has 90 valence electrons. The number of nitrogens with zero attached hydrogens (tertiary/aromatic N) is 4. The van der Waals surface area contributed by atoms with Crippen LogP contribution in [-0.2, 0) is 13.1 Å². The van der Waals surface area contributed by atoms with Crippen molar-refractivity contribution in [1.82, 2.24) is 20.0 Å². The Morgan fingerprint density at radius 1 is 1.47 bits per heavy atom. The van der Waals surface area contributed by atoms with Gasteiger partial charge < -0.3 is 10.4 Å². The van der Waals surface area contributed by atoms with Crippen LogP contribution in [-0.4, -0.2) is 31.7 Å². The molecule has 0 bridgehead atoms. The van der Waals surface area contributed by atoms with E-state index in [-0.39, 0.29) is 6.61 Å². The summed E-state index contributed by atoms with van der Waals surface area (Å²) in [6.45, 7) is 3.15. The molecule has 0 saturated carbocycles. The van der Waals surface area contributed by atoms with Crippen molar-refractivity contribution in [3.63, 3.8) is 0 Å². The maximum absolute atomic E-state index is 8.76. The van der Waals surface area contributed by atoms with Gasteiger partial charge in [0.05, 0.1) is 37.8 Å². The number of hydrogen-bond donors (Lipinski definition) is 2. The van der Waals surface area contributed by atoms with Crippen molar-refractivity contribution >= 4 is 5.69 Å². The van der Waals surface area contributed by atoms with Crippen LogP contribution in [0.2, 0.25) is 0 Å². The van der Waals surface area contributed by atoms with Crippen molar-refractivity contribution in [2.75, 3.05) is 11.9 Å². The number of nitrogens with one attached hydrogen (secondary N) is 1. The van der Waals surface area contributed by atoms with Crippen LogP contribution in [0.15, 0.2) is 24.7 Å². The predicted octanol–water partition coefficient (Wildman–Crippen LogP) is 0.586. The minimum atomic E-state index is 0.0674. The van der Waals surface area contributed by atoms with E-state index in [2.05, 4.69) is 20.6 Å². The van der Waals surface area contributed by atoms with Gasteiger partial charge in [-0.15, -0.1) is 5.10 Å². The molecule has 0 aliphatic carbocycles. The highest BCUT2D eigenvalue weighted by Crippen LogP contribution is 2.12. The Labute approximate surface area is 99.3 Å². The van der Waals surface area contributed by atoms with Gasteiger partial charge in [0.2, 0.25) is 0 Å². The summed E-state index contributed by atoms with van der Waals surface area (Å²) in [4.78, 5) is 4.06. The van der Waals surface area contributed by atoms with Crippen LogP contribution in [0.1, 0.15) is 11.3 Å². The van der Waals surface area contributed by atoms with Crippen LogP contribution in [0, 0.1) is 6.92 Å². The molecule has 2 aromatic rings. The summed E-state index contributed by atoms with van der Waals surface area (Å²) in [7, 11) is 0. The minimum Gasteiger partial charge on any atom is -0.394 e. The summed E-state index contributed by atoms with van der Waals surface area (Å²) in [6.07, 6.45) is 5.36. The van der Waals surface area contributed by atoms with Gasteiger partial charge in [-0.2, -0.15) is 0 Å². The summed E-state index contributed by atoms with van der Waals surface area (Å²) in [6, 6.07) is 1.95. The third-order valence-corrected chi connectivity index (χ3v) is 2.41. The van der Waals surface area contributed by atoms with E-state index in [1.54, 1.807) is 17.1 Å². The standard InChI is InChI=1S/C11H15N5O/c1-9-2-3-12-7-11(9)13-6-10-8-16(4-5-17)15-14-10/h2-3,7-8,13,17H,4-6H2,1H3. The molecule has 0 atom stereocenters. The zero-order valence-corrected chi connectivity index (χ0v) is 9.67. The Morgan fingerprint density at radius 3 is 3.12 bits per heavy atom. The number of hydrogen-bond acceptors (Lipinski definition) is 5. The largest absolute Gasteiger partial charge is 0.394 e. The molecule has 2 heterocycles. The fourth-order valence-electron chi connectivity index (χ4n) is 1.47. The lowest BCUT2D eigenvalue weighted by molar-refractivity contribution is 0.268. The lowest BCUT2D eigenvalue weighted by Crippen LogP contribution is -2.02. The molecule has 0 aliphatic heterocycles. The summed E-state index contributed by atoms with van der Waals surface area (Å²) >= 11 is 0. The topological polar surface area (TPSA) is 75.9 Å². The molecule has 0 unspecified atom stereocenters. The Bertz CT molecular complexity index is 482. The second-order valence-electron chi connectivity index (χ2n) is 3.74. The molecule has 0 saturated heterocycles. The maximum Gasteiger partial charge on any atom is 0.102 e. The number of aliphatic hydroxyl groups excluding tert-OH is 1. The van der Waals surface area contributed by atoms with Crippen molar-refractivity contribution in [2.24, 2.45) is 0 Å². The first kappa shape index (κ1) is 11.5. The molecular weight excluding hydrogens is 218 g/mol. The van der Waals surface area contributed by atoms with E-state index in [9.17, 15) is 0 Å². The molecule has 6 nitrogen and oxygen atoms in total. The molecule has 6 heteroatoms. The van der Waals surface area contributed by atoms with Gasteiger partial charge in [0.1, 0.15) is 5.69 Å². The smallest absolute Gasteiger partial charge is 0.102 e. The van der Waals surface area contributed by atoms with Gasteiger partial charge in [-0.25, -0.2) is 4.68 Å². The predicted molar refractivity (Wildman–Crippen MR) is 63.4 cm³/mol. The zero-order chi connectivity index (χ0) is 12.1. The van der Waals surface area contributed by atoms with Gasteiger partial charge in [0, 0.05) is 6.20 Å². The minimum absolute atomic E-state index is 0.0674. The summed E-state index contributed by atoms with van der Waals surface area (Å²) < 4.78 is 1.62. The summed E-state index contributed by atoms with van der Waals surface area (Å²) in [5.74, 6) is 0. The number of aliphatic hydroxyl groups is 1. The van der Waals surface area contributed by atoms with Crippen LogP contribution in [0.3, 0.4) is 0 Å². The fraction of sp³-hybridized carbons (Fsp3) is 0.364. The van der Waals surface area contributed by atoms with Gasteiger partial charge in [0.15, 0.2) is 0 Å². The number of aromatic nitrogens is 4. The van der Waals surface area contributed by atoms with Gasteiger partial charge >= 0.3 is 0 Å². The quantitative estimate of drug-likeness (QED) is 0.790. The van der Waals surface area contributed by atoms with E-state index >= 15 is 0 Å². The highest BCUT2D eigenvalue weighted by molar-refractivity contribution is 5.47. The maximum atomic E-state index is 8.76. The number of aryl methyl sites for hydroxylation is 1. The molecule has 0 amide bonds. The fourth-order valence-corrected chi connectivity index (χ4v) is 1.47. The van der Waals surface area contributed by atoms with E-state index in [1.165, 1.54) is 0 Å². The molecule has 0 radical (unpaired) electrons. The highest BCUT2D eigenvalue weighted by atomic mass is 16.3. The van der Waals surface area contributed by atoms with Crippen LogP contribution in [0.4, 0.5) is 5.69 Å². The van der Waals surface area contributed by atoms with E-state index in [4.69, 9.17) is 5.11 Å². The van der Waals surface area contributed by atoms with Crippen LogP contribution >= 0.6 is 0 Å². The van der Waals surface area contributed by atoms with Gasteiger partial charge in [0.25, 0.3) is 0 Å². The van der Waals surface area contributed by atoms with E-state index in [0.29, 0.717) is 13.1 Å². The third kappa shape index (κ3) is 3.01. The van der Waals surface area contributed by atoms with Crippen molar-refractivity contribution in [3.05, 3.63) is 35.9 Å². The highest BCUT2D eigenvalue weighted by Gasteiger charge is 2.01. The lowest BCUT2D eigenvalue weighted by Gasteiger charge is -2.06. The first-order valence-electron chi connectivity index (χ1n) is 5.44. The molecule has 0 aliphatic rings. The molecule has 17 heavy (non-hydrogen) atoms. The molecule has 2 aromatic heterocycles. The average molecular weight is 233 g/mol. The number of pyridine rings is 1. The third-order valence-electron chi connectivity index (χ3n) is 2.41. The van der Waals surface area contributed by atoms with Crippen LogP contribution < -0.4 is 5.32 Å². The average Bonchev–Trinajstić information content (AvgIpc) is 2.76. The van der Waals surface area contributed by atoms with Crippen LogP contribution in [0.5, 0.6) is 0 Å². The van der Waals surface area contributed by atoms with Crippen LogP contribution in [0.25, 0.3) is 0 Å². The zero-order valence-electron chi connectivity index (χ0n) is 9.67. The SMILES string of the molecule is Cc1ccncc1NCc1cn(CCO)nn1. The monoisotopic (exact) mass is 233 g/mol. The number of anilines is 1. The first-order chi connectivity index (χ1) is 8.29. The summed E-state index contributed by atoms with van der Waals surface area (Å²) in [5.41, 5.74) is 2.97.